The van der Waals surface area contributed by atoms with Gasteiger partial charge in [-0.3, -0.25) is 0 Å². The maximum atomic E-state index is 12.9. The number of nitriles is 1. The molecule has 0 atom stereocenters. The molecule has 1 aromatic carbocycles. The van der Waals surface area contributed by atoms with E-state index in [1.54, 1.807) is 0 Å². The van der Waals surface area contributed by atoms with E-state index in [9.17, 15) is 12.8 Å². The van der Waals surface area contributed by atoms with Gasteiger partial charge in [0.2, 0.25) is 10.0 Å². The van der Waals surface area contributed by atoms with Crippen LogP contribution in [0.3, 0.4) is 0 Å². The molecule has 0 bridgehead atoms. The van der Waals surface area contributed by atoms with Crippen molar-refractivity contribution in [1.82, 2.24) is 4.72 Å². The summed E-state index contributed by atoms with van der Waals surface area (Å²) in [6.45, 7) is 4.39. The van der Waals surface area contributed by atoms with E-state index in [0.717, 1.165) is 12.1 Å². The molecular weight excluding hydrogens is 243 g/mol. The smallest absolute Gasteiger partial charge is 0.207 e. The normalized spacial score (nSPS) is 12.2. The summed E-state index contributed by atoms with van der Waals surface area (Å²) in [7, 11) is -3.82. The molecule has 1 aromatic rings. The molecule has 17 heavy (non-hydrogen) atoms. The van der Waals surface area contributed by atoms with Crippen LogP contribution in [-0.4, -0.2) is 14.0 Å². The number of nitrogens with one attached hydrogen (secondary N) is 1. The predicted octanol–water partition coefficient (Wildman–Crippen LogP) is 1.71. The second-order valence-electron chi connectivity index (χ2n) is 4.25. The highest BCUT2D eigenvalue weighted by molar-refractivity contribution is 7.89. The average Bonchev–Trinajstić information content (AvgIpc) is 2.15. The molecule has 0 heterocycles. The van der Waals surface area contributed by atoms with Gasteiger partial charge in [-0.1, -0.05) is 0 Å². The van der Waals surface area contributed by atoms with E-state index in [2.05, 4.69) is 4.72 Å². The highest BCUT2D eigenvalue weighted by Crippen LogP contribution is 2.18. The molecule has 4 nitrogen and oxygen atoms in total. The third kappa shape index (κ3) is 3.25. The number of nitrogens with zero attached hydrogens (tertiary/aromatic N) is 1. The molecule has 92 valence electrons. The van der Waals surface area contributed by atoms with Crippen LogP contribution in [0.15, 0.2) is 23.1 Å². The van der Waals surface area contributed by atoms with Crippen LogP contribution in [0.5, 0.6) is 0 Å². The second kappa shape index (κ2) is 4.43. The second-order valence-corrected chi connectivity index (χ2v) is 5.90. The van der Waals surface area contributed by atoms with Gasteiger partial charge >= 0.3 is 0 Å². The highest BCUT2D eigenvalue weighted by Gasteiger charge is 2.26. The maximum Gasteiger partial charge on any atom is 0.242 e. The summed E-state index contributed by atoms with van der Waals surface area (Å²) >= 11 is 0. The van der Waals surface area contributed by atoms with Crippen LogP contribution in [0, 0.1) is 24.1 Å². The first-order valence-corrected chi connectivity index (χ1v) is 6.38. The van der Waals surface area contributed by atoms with Crippen LogP contribution in [-0.2, 0) is 10.0 Å². The van der Waals surface area contributed by atoms with Gasteiger partial charge in [-0.2, -0.15) is 9.98 Å². The Morgan fingerprint density at radius 3 is 2.47 bits per heavy atom. The van der Waals surface area contributed by atoms with Crippen molar-refractivity contribution in [1.29, 1.82) is 5.26 Å². The molecule has 0 radical (unpaired) electrons. The van der Waals surface area contributed by atoms with Gasteiger partial charge in [0, 0.05) is 0 Å². The lowest BCUT2D eigenvalue weighted by molar-refractivity contribution is 0.535. The Bertz CT molecular complexity index is 574. The molecular formula is C11H13FN2O2S. The number of halogens is 1. The Kier molecular flexibility index (Phi) is 3.55. The van der Waals surface area contributed by atoms with Crippen molar-refractivity contribution >= 4 is 10.0 Å². The maximum absolute atomic E-state index is 12.9. The fourth-order valence-corrected chi connectivity index (χ4v) is 2.89. The van der Waals surface area contributed by atoms with E-state index < -0.39 is 21.4 Å². The van der Waals surface area contributed by atoms with Crippen LogP contribution >= 0.6 is 0 Å². The van der Waals surface area contributed by atoms with Gasteiger partial charge < -0.3 is 0 Å². The third-order valence-electron chi connectivity index (χ3n) is 2.10. The van der Waals surface area contributed by atoms with Gasteiger partial charge in [0.1, 0.15) is 11.4 Å². The Morgan fingerprint density at radius 1 is 1.41 bits per heavy atom. The van der Waals surface area contributed by atoms with Gasteiger partial charge in [-0.05, 0) is 44.5 Å². The fourth-order valence-electron chi connectivity index (χ4n) is 1.33. The quantitative estimate of drug-likeness (QED) is 0.895. The lowest BCUT2D eigenvalue weighted by Crippen LogP contribution is -2.42. The monoisotopic (exact) mass is 256 g/mol. The topological polar surface area (TPSA) is 70.0 Å². The number of hydrogen-bond acceptors (Lipinski definition) is 3. The molecule has 1 rings (SSSR count). The number of benzene rings is 1. The van der Waals surface area contributed by atoms with Gasteiger partial charge in [0.25, 0.3) is 0 Å². The number of aryl methyl sites for hydroxylation is 1. The van der Waals surface area contributed by atoms with E-state index in [0.29, 0.717) is 5.56 Å². The predicted molar refractivity (Wildman–Crippen MR) is 61.2 cm³/mol. The summed E-state index contributed by atoms with van der Waals surface area (Å²) in [6.07, 6.45) is 0. The zero-order valence-electron chi connectivity index (χ0n) is 9.78. The van der Waals surface area contributed by atoms with Crippen molar-refractivity contribution in [2.45, 2.75) is 31.2 Å². The molecule has 0 saturated heterocycles. The zero-order chi connectivity index (χ0) is 13.3. The first-order valence-electron chi connectivity index (χ1n) is 4.89. The van der Waals surface area contributed by atoms with Crippen LogP contribution in [0.1, 0.15) is 19.4 Å². The van der Waals surface area contributed by atoms with Gasteiger partial charge in [0.15, 0.2) is 0 Å². The van der Waals surface area contributed by atoms with Crippen molar-refractivity contribution in [2.24, 2.45) is 0 Å². The van der Waals surface area contributed by atoms with Crippen LogP contribution in [0.4, 0.5) is 4.39 Å². The van der Waals surface area contributed by atoms with Crippen molar-refractivity contribution < 1.29 is 12.8 Å². The highest BCUT2D eigenvalue weighted by atomic mass is 32.2. The van der Waals surface area contributed by atoms with E-state index in [1.165, 1.54) is 26.8 Å². The van der Waals surface area contributed by atoms with Crippen molar-refractivity contribution in [3.05, 3.63) is 29.6 Å². The molecule has 0 aliphatic rings. The van der Waals surface area contributed by atoms with Crippen molar-refractivity contribution in [3.63, 3.8) is 0 Å². The first-order chi connectivity index (χ1) is 7.68. The lowest BCUT2D eigenvalue weighted by Gasteiger charge is -2.18. The van der Waals surface area contributed by atoms with Crippen LogP contribution < -0.4 is 4.72 Å². The van der Waals surface area contributed by atoms with Crippen LogP contribution in [0.2, 0.25) is 0 Å². The number of hydrogen-bond donors (Lipinski definition) is 1. The van der Waals surface area contributed by atoms with Crippen molar-refractivity contribution in [2.75, 3.05) is 0 Å². The Hall–Kier alpha value is -1.45. The minimum Gasteiger partial charge on any atom is -0.207 e. The van der Waals surface area contributed by atoms with Gasteiger partial charge in [0.05, 0.1) is 11.0 Å². The molecule has 0 aliphatic carbocycles. The Balaban J connectivity index is 3.20. The summed E-state index contributed by atoms with van der Waals surface area (Å²) in [5, 5.41) is 8.78. The van der Waals surface area contributed by atoms with Crippen molar-refractivity contribution in [3.8, 4) is 6.07 Å². The molecule has 0 saturated carbocycles. The average molecular weight is 256 g/mol. The molecule has 0 aromatic heterocycles. The third-order valence-corrected chi connectivity index (χ3v) is 3.91. The summed E-state index contributed by atoms with van der Waals surface area (Å²) < 4.78 is 39.0. The standard InChI is InChI=1S/C11H13FN2O2S/c1-8-6-9(12)4-5-10(8)17(15,16)14-11(2,3)7-13/h4-6,14H,1-3H3. The summed E-state index contributed by atoms with van der Waals surface area (Å²) in [5.74, 6) is -0.499. The minimum atomic E-state index is -3.82. The van der Waals surface area contributed by atoms with E-state index in [4.69, 9.17) is 5.26 Å². The molecule has 1 N–H and O–H groups in total. The fraction of sp³-hybridized carbons (Fsp3) is 0.364. The van der Waals surface area contributed by atoms with Gasteiger partial charge in [-0.25, -0.2) is 12.8 Å². The molecule has 0 fully saturated rings. The van der Waals surface area contributed by atoms with Crippen LogP contribution in [0.25, 0.3) is 0 Å². The SMILES string of the molecule is Cc1cc(F)ccc1S(=O)(=O)NC(C)(C)C#N. The summed E-state index contributed by atoms with van der Waals surface area (Å²) in [6, 6.07) is 5.22. The molecule has 0 spiro atoms. The van der Waals surface area contributed by atoms with Gasteiger partial charge in [-0.15, -0.1) is 0 Å². The zero-order valence-corrected chi connectivity index (χ0v) is 10.6. The molecule has 0 amide bonds. The Labute approximate surface area is 100 Å². The Morgan fingerprint density at radius 2 is 2.00 bits per heavy atom. The van der Waals surface area contributed by atoms with E-state index in [1.807, 2.05) is 6.07 Å². The lowest BCUT2D eigenvalue weighted by atomic mass is 10.1. The van der Waals surface area contributed by atoms with E-state index >= 15 is 0 Å². The largest absolute Gasteiger partial charge is 0.242 e. The van der Waals surface area contributed by atoms with E-state index in [-0.39, 0.29) is 4.90 Å². The minimum absolute atomic E-state index is 0.0257. The molecule has 0 aliphatic heterocycles. The summed E-state index contributed by atoms with van der Waals surface area (Å²) in [5.41, 5.74) is -0.911. The number of rotatable bonds is 3. The summed E-state index contributed by atoms with van der Waals surface area (Å²) in [4.78, 5) is -0.0257. The number of sulfonamides is 1. The molecule has 0 unspecified atom stereocenters. The molecule has 6 heteroatoms. The first kappa shape index (κ1) is 13.6.